The van der Waals surface area contributed by atoms with Crippen LogP contribution in [0.4, 0.5) is 0 Å². The second-order valence-corrected chi connectivity index (χ2v) is 7.33. The number of nitrogens with two attached hydrogens (primary N) is 2. The number of methoxy groups -OCH3 is 1. The summed E-state index contributed by atoms with van der Waals surface area (Å²) in [4.78, 5) is 26.0. The van der Waals surface area contributed by atoms with E-state index in [1.165, 1.54) is 19.2 Å². The van der Waals surface area contributed by atoms with E-state index < -0.39 is 17.7 Å². The van der Waals surface area contributed by atoms with Gasteiger partial charge in [0.2, 0.25) is 0 Å². The van der Waals surface area contributed by atoms with Gasteiger partial charge in [-0.2, -0.15) is 0 Å². The minimum absolute atomic E-state index is 0.0936. The van der Waals surface area contributed by atoms with Gasteiger partial charge in [-0.3, -0.25) is 31.3 Å². The highest BCUT2D eigenvalue weighted by Crippen LogP contribution is 2.40. The van der Waals surface area contributed by atoms with E-state index in [2.05, 4.69) is 27.0 Å². The molecule has 13 heteroatoms. The molecule has 0 radical (unpaired) electrons. The molecule has 0 aromatic heterocycles. The molecule has 1 heterocycles. The molecule has 10 N–H and O–H groups in total. The number of allylic oxidation sites excluding steroid dienone is 2. The highest BCUT2D eigenvalue weighted by Gasteiger charge is 2.37. The summed E-state index contributed by atoms with van der Waals surface area (Å²) in [6.45, 7) is 3.37. The van der Waals surface area contributed by atoms with Crippen molar-refractivity contribution in [2.45, 2.75) is 19.8 Å². The van der Waals surface area contributed by atoms with Gasteiger partial charge in [-0.1, -0.05) is 6.07 Å². The first kappa shape index (κ1) is 23.7. The van der Waals surface area contributed by atoms with Crippen LogP contribution in [0.1, 0.15) is 25.3 Å². The fraction of sp³-hybridized carbons (Fsp3) is 0.222. The second-order valence-electron chi connectivity index (χ2n) is 6.45. The van der Waals surface area contributed by atoms with Crippen LogP contribution in [-0.4, -0.2) is 34.3 Å². The molecular formula is C18H23N7O4S2. The summed E-state index contributed by atoms with van der Waals surface area (Å²) in [6.07, 6.45) is 0. The molecule has 0 aliphatic carbocycles. The van der Waals surface area contributed by atoms with Crippen LogP contribution < -0.4 is 43.2 Å². The predicted octanol–water partition coefficient (Wildman–Crippen LogP) is -0.636. The lowest BCUT2D eigenvalue weighted by Crippen LogP contribution is -2.49. The summed E-state index contributed by atoms with van der Waals surface area (Å²) < 4.78 is 5.19. The number of thiocarbonyl (C=S) groups is 2. The van der Waals surface area contributed by atoms with Crippen LogP contribution in [0.5, 0.6) is 11.5 Å². The van der Waals surface area contributed by atoms with Crippen molar-refractivity contribution in [3.8, 4) is 11.5 Å². The van der Waals surface area contributed by atoms with Gasteiger partial charge in [-0.25, -0.2) is 0 Å². The SMILES string of the molecule is COc1cc(C2C(C(=O)NNC(N)=S)=C(C)NC(C)=C2C(=O)NNC(N)=S)ccc1O. The topological polar surface area (TPSA) is 176 Å². The zero-order valence-corrected chi connectivity index (χ0v) is 18.6. The number of aromatic hydroxyl groups is 1. The number of phenols is 1. The fourth-order valence-electron chi connectivity index (χ4n) is 3.17. The van der Waals surface area contributed by atoms with Crippen molar-refractivity contribution in [3.05, 3.63) is 46.3 Å². The Labute approximate surface area is 189 Å². The summed E-state index contributed by atoms with van der Waals surface area (Å²) >= 11 is 9.45. The third-order valence-electron chi connectivity index (χ3n) is 4.39. The first-order valence-corrected chi connectivity index (χ1v) is 9.65. The van der Waals surface area contributed by atoms with Crippen LogP contribution in [0.2, 0.25) is 0 Å². The van der Waals surface area contributed by atoms with Crippen molar-refractivity contribution >= 4 is 46.5 Å². The van der Waals surface area contributed by atoms with Gasteiger partial charge in [-0.05, 0) is 56.0 Å². The Morgan fingerprint density at radius 1 is 1.00 bits per heavy atom. The Kier molecular flexibility index (Phi) is 7.61. The number of dihydropyridines is 1. The fourth-order valence-corrected chi connectivity index (χ4v) is 3.28. The smallest absolute Gasteiger partial charge is 0.268 e. The standard InChI is InChI=1S/C18H23N7O4S2/c1-7-12(15(27)22-24-17(19)30)14(9-4-5-10(26)11(6-9)29-3)13(8(2)21-7)16(28)23-25-18(20)31/h4-6,14,21,26H,1-3H3,(H,22,27)(H,23,28)(H3,19,24,30)(H3,20,25,31). The van der Waals surface area contributed by atoms with E-state index in [0.717, 1.165) is 0 Å². The van der Waals surface area contributed by atoms with Crippen LogP contribution in [0.3, 0.4) is 0 Å². The molecule has 1 aliphatic rings. The van der Waals surface area contributed by atoms with E-state index in [1.54, 1.807) is 19.9 Å². The number of phenolic OH excluding ortho intramolecular Hbond substituents is 1. The van der Waals surface area contributed by atoms with Crippen LogP contribution >= 0.6 is 24.4 Å². The van der Waals surface area contributed by atoms with Crippen LogP contribution in [0.25, 0.3) is 0 Å². The quantitative estimate of drug-likeness (QED) is 0.210. The van der Waals surface area contributed by atoms with Gasteiger partial charge in [0.05, 0.1) is 7.11 Å². The number of nitrogens with one attached hydrogen (secondary N) is 5. The summed E-state index contributed by atoms with van der Waals surface area (Å²) in [7, 11) is 1.39. The van der Waals surface area contributed by atoms with Crippen molar-refractivity contribution in [2.24, 2.45) is 11.5 Å². The molecule has 166 valence electrons. The molecule has 1 aromatic carbocycles. The van der Waals surface area contributed by atoms with Gasteiger partial charge in [0, 0.05) is 28.5 Å². The highest BCUT2D eigenvalue weighted by molar-refractivity contribution is 7.80. The first-order valence-electron chi connectivity index (χ1n) is 8.83. The van der Waals surface area contributed by atoms with Crippen LogP contribution in [0, 0.1) is 0 Å². The summed E-state index contributed by atoms with van der Waals surface area (Å²) in [5, 5.41) is 12.7. The molecule has 0 unspecified atom stereocenters. The number of ether oxygens (including phenoxy) is 1. The van der Waals surface area contributed by atoms with Gasteiger partial charge in [0.1, 0.15) is 0 Å². The van der Waals surface area contributed by atoms with Gasteiger partial charge < -0.3 is 26.6 Å². The minimum atomic E-state index is -0.850. The number of carbonyl (C=O) groups excluding carboxylic acids is 2. The summed E-state index contributed by atoms with van der Waals surface area (Å²) in [5.41, 5.74) is 22.3. The Balaban J connectivity index is 2.61. The zero-order chi connectivity index (χ0) is 23.3. The molecule has 0 saturated carbocycles. The number of carbonyl (C=O) groups is 2. The lowest BCUT2D eigenvalue weighted by atomic mass is 9.79. The molecule has 0 saturated heterocycles. The Morgan fingerprint density at radius 2 is 1.48 bits per heavy atom. The normalized spacial score (nSPS) is 13.8. The number of rotatable bonds is 4. The number of benzene rings is 1. The molecule has 0 spiro atoms. The molecule has 0 fully saturated rings. The van der Waals surface area contributed by atoms with Crippen molar-refractivity contribution in [2.75, 3.05) is 7.11 Å². The number of hydrazine groups is 2. The molecule has 1 aromatic rings. The van der Waals surface area contributed by atoms with E-state index in [0.29, 0.717) is 17.0 Å². The predicted molar refractivity (Wildman–Crippen MR) is 122 cm³/mol. The summed E-state index contributed by atoms with van der Waals surface area (Å²) in [5.74, 6) is -1.92. The average molecular weight is 466 g/mol. The van der Waals surface area contributed by atoms with Crippen LogP contribution in [-0.2, 0) is 9.59 Å². The highest BCUT2D eigenvalue weighted by atomic mass is 32.1. The number of hydrogen-bond donors (Lipinski definition) is 8. The molecule has 2 rings (SSSR count). The van der Waals surface area contributed by atoms with Crippen molar-refractivity contribution in [1.82, 2.24) is 27.0 Å². The minimum Gasteiger partial charge on any atom is -0.504 e. The van der Waals surface area contributed by atoms with Gasteiger partial charge in [0.15, 0.2) is 21.7 Å². The number of amides is 2. The maximum absolute atomic E-state index is 13.0. The van der Waals surface area contributed by atoms with Crippen molar-refractivity contribution in [3.63, 3.8) is 0 Å². The second kappa shape index (κ2) is 9.95. The van der Waals surface area contributed by atoms with E-state index >= 15 is 0 Å². The molecule has 0 atom stereocenters. The third-order valence-corrected chi connectivity index (χ3v) is 4.59. The van der Waals surface area contributed by atoms with E-state index in [9.17, 15) is 14.7 Å². The lowest BCUT2D eigenvalue weighted by molar-refractivity contribution is -0.118. The molecule has 2 amide bonds. The number of hydrogen-bond acceptors (Lipinski definition) is 7. The monoisotopic (exact) mass is 465 g/mol. The third kappa shape index (κ3) is 5.52. The average Bonchev–Trinajstić information content (AvgIpc) is 2.70. The van der Waals surface area contributed by atoms with E-state index in [4.69, 9.17) is 40.6 Å². The summed E-state index contributed by atoms with van der Waals surface area (Å²) in [6, 6.07) is 4.53. The Morgan fingerprint density at radius 3 is 1.90 bits per heavy atom. The largest absolute Gasteiger partial charge is 0.504 e. The molecule has 1 aliphatic heterocycles. The van der Waals surface area contributed by atoms with E-state index in [1.807, 2.05) is 0 Å². The lowest BCUT2D eigenvalue weighted by Gasteiger charge is -2.31. The van der Waals surface area contributed by atoms with Crippen LogP contribution in [0.15, 0.2) is 40.7 Å². The maximum atomic E-state index is 13.0. The van der Waals surface area contributed by atoms with Gasteiger partial charge in [-0.15, -0.1) is 0 Å². The Bertz CT molecular complexity index is 955. The first-order chi connectivity index (χ1) is 14.6. The molecule has 31 heavy (non-hydrogen) atoms. The van der Waals surface area contributed by atoms with Gasteiger partial charge in [0.25, 0.3) is 11.8 Å². The van der Waals surface area contributed by atoms with Crippen molar-refractivity contribution in [1.29, 1.82) is 0 Å². The maximum Gasteiger partial charge on any atom is 0.268 e. The van der Waals surface area contributed by atoms with E-state index in [-0.39, 0.29) is 32.9 Å². The zero-order valence-electron chi connectivity index (χ0n) is 17.0. The molecule has 0 bridgehead atoms. The van der Waals surface area contributed by atoms with Crippen molar-refractivity contribution < 1.29 is 19.4 Å². The van der Waals surface area contributed by atoms with Gasteiger partial charge >= 0.3 is 0 Å². The molecule has 11 nitrogen and oxygen atoms in total. The molecular weight excluding hydrogens is 442 g/mol. The Hall–Kier alpha value is -3.58.